The molecule has 3 rings (SSSR count). The molecule has 1 aliphatic carbocycles. The van der Waals surface area contributed by atoms with E-state index in [-0.39, 0.29) is 17.9 Å². The van der Waals surface area contributed by atoms with Crippen LogP contribution in [-0.2, 0) is 9.59 Å². The lowest BCUT2D eigenvalue weighted by Crippen LogP contribution is -2.36. The fourth-order valence-electron chi connectivity index (χ4n) is 3.40. The average Bonchev–Trinajstić information content (AvgIpc) is 3.16. The van der Waals surface area contributed by atoms with Gasteiger partial charge in [0.15, 0.2) is 0 Å². The van der Waals surface area contributed by atoms with Crippen molar-refractivity contribution in [2.24, 2.45) is 11.8 Å². The monoisotopic (exact) mass is 341 g/mol. The quantitative estimate of drug-likeness (QED) is 0.876. The van der Waals surface area contributed by atoms with Crippen LogP contribution in [0.1, 0.15) is 44.2 Å². The van der Waals surface area contributed by atoms with E-state index in [1.54, 1.807) is 10.9 Å². The zero-order valence-corrected chi connectivity index (χ0v) is 14.3. The van der Waals surface area contributed by atoms with Crippen molar-refractivity contribution in [2.75, 3.05) is 0 Å². The normalized spacial score (nSPS) is 21.5. The van der Waals surface area contributed by atoms with Gasteiger partial charge in [-0.05, 0) is 49.9 Å². The molecule has 0 saturated heterocycles. The molecule has 0 aliphatic heterocycles. The molecule has 3 unspecified atom stereocenters. The maximum atomic E-state index is 12.5. The van der Waals surface area contributed by atoms with E-state index in [1.165, 1.54) is 0 Å². The van der Waals surface area contributed by atoms with Gasteiger partial charge in [0, 0.05) is 18.3 Å². The van der Waals surface area contributed by atoms with Crippen molar-refractivity contribution in [3.63, 3.8) is 0 Å². The van der Waals surface area contributed by atoms with Gasteiger partial charge in [-0.15, -0.1) is 0 Å². The number of carboxylic acid groups (broad SMARTS) is 1. The predicted molar refractivity (Wildman–Crippen MR) is 93.2 cm³/mol. The van der Waals surface area contributed by atoms with Gasteiger partial charge in [-0.1, -0.05) is 18.6 Å². The van der Waals surface area contributed by atoms with Gasteiger partial charge >= 0.3 is 5.97 Å². The second kappa shape index (κ2) is 7.51. The second-order valence-corrected chi connectivity index (χ2v) is 6.67. The van der Waals surface area contributed by atoms with Gasteiger partial charge < -0.3 is 10.4 Å². The molecule has 2 aromatic rings. The smallest absolute Gasteiger partial charge is 0.306 e. The highest BCUT2D eigenvalue weighted by Gasteiger charge is 2.31. The van der Waals surface area contributed by atoms with Gasteiger partial charge in [0.05, 0.1) is 17.6 Å². The molecule has 1 saturated carbocycles. The number of hydrogen-bond acceptors (Lipinski definition) is 3. The fraction of sp³-hybridized carbons (Fsp3) is 0.421. The van der Waals surface area contributed by atoms with Crippen molar-refractivity contribution in [3.05, 3.63) is 48.3 Å². The molecule has 6 heteroatoms. The van der Waals surface area contributed by atoms with Crippen LogP contribution in [0.4, 0.5) is 0 Å². The Morgan fingerprint density at radius 2 is 1.96 bits per heavy atom. The van der Waals surface area contributed by atoms with E-state index in [0.29, 0.717) is 12.8 Å². The van der Waals surface area contributed by atoms with E-state index < -0.39 is 11.9 Å². The lowest BCUT2D eigenvalue weighted by atomic mass is 9.81. The van der Waals surface area contributed by atoms with Crippen LogP contribution in [-0.4, -0.2) is 26.8 Å². The predicted octanol–water partition coefficient (Wildman–Crippen LogP) is 2.94. The molecular formula is C19H23N3O3. The molecular weight excluding hydrogens is 318 g/mol. The van der Waals surface area contributed by atoms with Crippen LogP contribution in [0.25, 0.3) is 5.69 Å². The number of nitrogens with zero attached hydrogens (tertiary/aromatic N) is 2. The Kier molecular flexibility index (Phi) is 5.16. The number of amides is 1. The topological polar surface area (TPSA) is 84.2 Å². The SMILES string of the molecule is CC(NC(=O)C1CCCC(C(=O)O)C1)c1ccc(-n2cccn2)cc1. The number of carbonyl (C=O) groups excluding carboxylic acids is 1. The van der Waals surface area contributed by atoms with E-state index in [4.69, 9.17) is 5.11 Å². The number of aliphatic carboxylic acids is 1. The Hall–Kier alpha value is -2.63. The Morgan fingerprint density at radius 1 is 1.24 bits per heavy atom. The first kappa shape index (κ1) is 17.2. The summed E-state index contributed by atoms with van der Waals surface area (Å²) in [6, 6.07) is 9.62. The van der Waals surface area contributed by atoms with Crippen LogP contribution in [0, 0.1) is 11.8 Å². The van der Waals surface area contributed by atoms with Crippen molar-refractivity contribution in [2.45, 2.75) is 38.6 Å². The number of aromatic nitrogens is 2. The first-order valence-electron chi connectivity index (χ1n) is 8.67. The summed E-state index contributed by atoms with van der Waals surface area (Å²) >= 11 is 0. The van der Waals surface area contributed by atoms with Crippen molar-refractivity contribution >= 4 is 11.9 Å². The second-order valence-electron chi connectivity index (χ2n) is 6.67. The number of benzene rings is 1. The van der Waals surface area contributed by atoms with E-state index in [0.717, 1.165) is 24.1 Å². The summed E-state index contributed by atoms with van der Waals surface area (Å²) in [6.07, 6.45) is 6.27. The first-order valence-corrected chi connectivity index (χ1v) is 8.67. The third kappa shape index (κ3) is 4.07. The Balaban J connectivity index is 1.60. The van der Waals surface area contributed by atoms with E-state index in [1.807, 2.05) is 43.5 Å². The van der Waals surface area contributed by atoms with Crippen molar-refractivity contribution < 1.29 is 14.7 Å². The Morgan fingerprint density at radius 3 is 2.60 bits per heavy atom. The molecule has 0 spiro atoms. The summed E-state index contributed by atoms with van der Waals surface area (Å²) in [6.45, 7) is 1.94. The summed E-state index contributed by atoms with van der Waals surface area (Å²) in [5.74, 6) is -1.44. The minimum absolute atomic E-state index is 0.0467. The molecule has 25 heavy (non-hydrogen) atoms. The van der Waals surface area contributed by atoms with Gasteiger partial charge in [0.25, 0.3) is 0 Å². The van der Waals surface area contributed by atoms with E-state index in [2.05, 4.69) is 10.4 Å². The summed E-state index contributed by atoms with van der Waals surface area (Å²) in [5, 5.41) is 16.4. The molecule has 0 radical (unpaired) electrons. The maximum Gasteiger partial charge on any atom is 0.306 e. The largest absolute Gasteiger partial charge is 0.481 e. The molecule has 1 aromatic carbocycles. The molecule has 3 atom stereocenters. The number of nitrogens with one attached hydrogen (secondary N) is 1. The van der Waals surface area contributed by atoms with E-state index >= 15 is 0 Å². The summed E-state index contributed by atoms with van der Waals surface area (Å²) < 4.78 is 1.78. The highest BCUT2D eigenvalue weighted by Crippen LogP contribution is 2.30. The molecule has 2 N–H and O–H groups in total. The zero-order valence-electron chi connectivity index (χ0n) is 14.3. The first-order chi connectivity index (χ1) is 12.0. The highest BCUT2D eigenvalue weighted by molar-refractivity contribution is 5.80. The number of hydrogen-bond donors (Lipinski definition) is 2. The van der Waals surface area contributed by atoms with Crippen molar-refractivity contribution in [3.8, 4) is 5.69 Å². The third-order valence-corrected chi connectivity index (χ3v) is 4.92. The van der Waals surface area contributed by atoms with Gasteiger partial charge in [-0.25, -0.2) is 4.68 Å². The molecule has 6 nitrogen and oxygen atoms in total. The summed E-state index contributed by atoms with van der Waals surface area (Å²) in [7, 11) is 0. The Bertz CT molecular complexity index is 725. The van der Waals surface area contributed by atoms with Crippen LogP contribution in [0.2, 0.25) is 0 Å². The molecule has 1 heterocycles. The molecule has 1 fully saturated rings. The van der Waals surface area contributed by atoms with Crippen LogP contribution < -0.4 is 5.32 Å². The number of rotatable bonds is 5. The molecule has 1 amide bonds. The minimum Gasteiger partial charge on any atom is -0.481 e. The van der Waals surface area contributed by atoms with E-state index in [9.17, 15) is 9.59 Å². The molecule has 0 bridgehead atoms. The molecule has 132 valence electrons. The maximum absolute atomic E-state index is 12.5. The average molecular weight is 341 g/mol. The zero-order chi connectivity index (χ0) is 17.8. The summed E-state index contributed by atoms with van der Waals surface area (Å²) in [4.78, 5) is 23.6. The van der Waals surface area contributed by atoms with Crippen LogP contribution in [0.3, 0.4) is 0 Å². The summed E-state index contributed by atoms with van der Waals surface area (Å²) in [5.41, 5.74) is 1.97. The lowest BCUT2D eigenvalue weighted by Gasteiger charge is -2.27. The highest BCUT2D eigenvalue weighted by atomic mass is 16.4. The number of carboxylic acids is 1. The minimum atomic E-state index is -0.792. The van der Waals surface area contributed by atoms with Gasteiger partial charge in [0.1, 0.15) is 0 Å². The van der Waals surface area contributed by atoms with Crippen LogP contribution >= 0.6 is 0 Å². The van der Waals surface area contributed by atoms with Gasteiger partial charge in [-0.3, -0.25) is 9.59 Å². The standard InChI is InChI=1S/C19H23N3O3/c1-13(14-6-8-17(9-7-14)22-11-3-10-20-22)21-18(23)15-4-2-5-16(12-15)19(24)25/h3,6-11,13,15-16H,2,4-5,12H2,1H3,(H,21,23)(H,24,25). The van der Waals surface area contributed by atoms with Crippen LogP contribution in [0.15, 0.2) is 42.7 Å². The van der Waals surface area contributed by atoms with Gasteiger partial charge in [-0.2, -0.15) is 5.10 Å². The number of carbonyl (C=O) groups is 2. The van der Waals surface area contributed by atoms with Crippen molar-refractivity contribution in [1.82, 2.24) is 15.1 Å². The third-order valence-electron chi connectivity index (χ3n) is 4.92. The fourth-order valence-corrected chi connectivity index (χ4v) is 3.40. The Labute approximate surface area is 146 Å². The van der Waals surface area contributed by atoms with Crippen molar-refractivity contribution in [1.29, 1.82) is 0 Å². The molecule has 1 aromatic heterocycles. The van der Waals surface area contributed by atoms with Crippen LogP contribution in [0.5, 0.6) is 0 Å². The lowest BCUT2D eigenvalue weighted by molar-refractivity contribution is -0.144. The van der Waals surface area contributed by atoms with Gasteiger partial charge in [0.2, 0.25) is 5.91 Å². The molecule has 1 aliphatic rings.